The highest BCUT2D eigenvalue weighted by atomic mass is 32.1. The molecule has 0 aliphatic heterocycles. The van der Waals surface area contributed by atoms with Crippen molar-refractivity contribution in [1.29, 1.82) is 0 Å². The summed E-state index contributed by atoms with van der Waals surface area (Å²) in [5.74, 6) is 0. The van der Waals surface area contributed by atoms with Crippen molar-refractivity contribution in [3.63, 3.8) is 0 Å². The molecule has 0 N–H and O–H groups in total. The molecule has 0 fully saturated rings. The first-order valence-electron chi connectivity index (χ1n) is 30.9. The van der Waals surface area contributed by atoms with Crippen LogP contribution in [-0.2, 0) is 10.8 Å². The normalized spacial score (nSPS) is 14.8. The molecule has 0 saturated heterocycles. The smallest absolute Gasteiger partial charge is 0.136 e. The maximum atomic E-state index is 7.13. The Morgan fingerprint density at radius 2 is 0.711 bits per heavy atom. The fraction of sp³-hybridized carbons (Fsp3) is 0.0233. The summed E-state index contributed by atoms with van der Waals surface area (Å²) in [6.45, 7) is 0. The zero-order chi connectivity index (χ0) is 58.8. The summed E-state index contributed by atoms with van der Waals surface area (Å²) in [5.41, 5.74) is 24.1. The maximum absolute atomic E-state index is 7.13. The van der Waals surface area contributed by atoms with E-state index in [0.717, 1.165) is 60.6 Å². The van der Waals surface area contributed by atoms with Crippen LogP contribution in [0, 0.1) is 0 Å². The predicted octanol–water partition coefficient (Wildman–Crippen LogP) is 23.9. The van der Waals surface area contributed by atoms with Crippen molar-refractivity contribution < 1.29 is 8.83 Å². The van der Waals surface area contributed by atoms with Gasteiger partial charge in [0, 0.05) is 67.5 Å². The van der Waals surface area contributed by atoms with Crippen LogP contribution in [0.25, 0.3) is 140 Å². The maximum Gasteiger partial charge on any atom is 0.136 e. The number of benzene rings is 14. The van der Waals surface area contributed by atoms with Crippen LogP contribution >= 0.6 is 22.7 Å². The van der Waals surface area contributed by atoms with Crippen LogP contribution in [0.3, 0.4) is 0 Å². The van der Waals surface area contributed by atoms with Gasteiger partial charge in [0.05, 0.1) is 10.8 Å². The van der Waals surface area contributed by atoms with Gasteiger partial charge in [0.15, 0.2) is 0 Å². The van der Waals surface area contributed by atoms with Gasteiger partial charge in [0.1, 0.15) is 22.3 Å². The van der Waals surface area contributed by atoms with Crippen molar-refractivity contribution in [1.82, 2.24) is 0 Å². The molecule has 2 aliphatic carbocycles. The van der Waals surface area contributed by atoms with Crippen LogP contribution in [0.15, 0.2) is 312 Å². The molecule has 1 unspecified atom stereocenters. The van der Waals surface area contributed by atoms with E-state index in [4.69, 9.17) is 8.83 Å². The zero-order valence-electron chi connectivity index (χ0n) is 48.5. The first kappa shape index (κ1) is 50.2. The topological polar surface area (TPSA) is 26.3 Å². The molecular formula is C86H50O2S2. The summed E-state index contributed by atoms with van der Waals surface area (Å²) >= 11 is 3.74. The highest BCUT2D eigenvalue weighted by Gasteiger charge is 2.48. The van der Waals surface area contributed by atoms with Crippen LogP contribution in [0.2, 0.25) is 0 Å². The monoisotopic (exact) mass is 1180 g/mol. The Hall–Kier alpha value is -10.9. The number of thiophene rings is 2. The molecule has 4 heterocycles. The van der Waals surface area contributed by atoms with E-state index in [0.29, 0.717) is 0 Å². The number of rotatable bonds is 7. The number of fused-ring (bicyclic) bond motifs is 18. The summed E-state index contributed by atoms with van der Waals surface area (Å²) in [5, 5.41) is 9.56. The average molecular weight is 1180 g/mol. The summed E-state index contributed by atoms with van der Waals surface area (Å²) in [6, 6.07) is 113. The van der Waals surface area contributed by atoms with Crippen molar-refractivity contribution >= 4 is 107 Å². The minimum Gasteiger partial charge on any atom is -0.456 e. The summed E-state index contributed by atoms with van der Waals surface area (Å²) < 4.78 is 19.3. The SMILES string of the molecule is c1ccc(C2(c3cccc(-c4cc(-c5cccc6oc7cc8c(cc7c56)-c5ccccc5C8(c5ccccc5)c5ccccc5)cc5c4sc4ccccc45)c3)c3ccccc3-c3cc4c(cc32)oc2ccc(-c3ccc5sc6ccccc6c5c3)cc24)cc1. The van der Waals surface area contributed by atoms with Crippen molar-refractivity contribution in [2.75, 3.05) is 0 Å². The fourth-order valence-electron chi connectivity index (χ4n) is 16.2. The zero-order valence-corrected chi connectivity index (χ0v) is 50.1. The highest BCUT2D eigenvalue weighted by molar-refractivity contribution is 7.26. The molecule has 4 heteroatoms. The van der Waals surface area contributed by atoms with E-state index in [1.165, 1.54) is 124 Å². The standard InChI is InChI=1S/C86H50O2S2/c1-4-21-55(22-5-1)85(56-23-6-2-7-24-56)72-33-14-10-29-61(72)66-48-71-79(50-74(66)85)88-77-35-19-32-59(83(71)77)54-45-64(84-70(46-54)63-31-13-17-37-81(63)90-84)53-20-18-27-58(42-53)86(57-25-8-3-9-26-57)73-34-15-11-28-60(73)65-47-68-67-43-51(38-40-76(67)87-78(68)49-75(65)86)52-39-41-82-69(44-52)62-30-12-16-36-80(62)89-82/h1-50H. The predicted molar refractivity (Wildman–Crippen MR) is 378 cm³/mol. The van der Waals surface area contributed by atoms with Gasteiger partial charge in [0.2, 0.25) is 0 Å². The Bertz CT molecular complexity index is 6000. The van der Waals surface area contributed by atoms with Gasteiger partial charge < -0.3 is 8.83 Å². The minimum atomic E-state index is -0.685. The Balaban J connectivity index is 0.780. The third kappa shape index (κ3) is 6.87. The largest absolute Gasteiger partial charge is 0.456 e. The molecule has 90 heavy (non-hydrogen) atoms. The first-order chi connectivity index (χ1) is 44.6. The van der Waals surface area contributed by atoms with Crippen LogP contribution in [0.1, 0.15) is 44.5 Å². The highest BCUT2D eigenvalue weighted by Crippen LogP contribution is 2.60. The van der Waals surface area contributed by atoms with E-state index >= 15 is 0 Å². The lowest BCUT2D eigenvalue weighted by Crippen LogP contribution is -2.28. The molecule has 0 radical (unpaired) electrons. The summed E-state index contributed by atoms with van der Waals surface area (Å²) in [7, 11) is 0. The van der Waals surface area contributed by atoms with Crippen LogP contribution < -0.4 is 0 Å². The number of hydrogen-bond acceptors (Lipinski definition) is 4. The van der Waals surface area contributed by atoms with Gasteiger partial charge in [-0.05, 0) is 180 Å². The molecule has 1 atom stereocenters. The molecule has 20 rings (SSSR count). The molecule has 2 nitrogen and oxygen atoms in total. The van der Waals surface area contributed by atoms with E-state index < -0.39 is 10.8 Å². The van der Waals surface area contributed by atoms with Gasteiger partial charge in [-0.2, -0.15) is 0 Å². The Morgan fingerprint density at radius 3 is 1.40 bits per heavy atom. The fourth-order valence-corrected chi connectivity index (χ4v) is 18.5. The molecule has 418 valence electrons. The van der Waals surface area contributed by atoms with Gasteiger partial charge in [-0.1, -0.05) is 218 Å². The number of hydrogen-bond donors (Lipinski definition) is 0. The lowest BCUT2D eigenvalue weighted by atomic mass is 9.67. The van der Waals surface area contributed by atoms with E-state index in [-0.39, 0.29) is 0 Å². The van der Waals surface area contributed by atoms with Gasteiger partial charge in [-0.3, -0.25) is 0 Å². The first-order valence-corrected chi connectivity index (χ1v) is 32.6. The van der Waals surface area contributed by atoms with Gasteiger partial charge in [-0.25, -0.2) is 0 Å². The molecule has 0 bridgehead atoms. The Morgan fingerprint density at radius 1 is 0.222 bits per heavy atom. The molecule has 4 aromatic heterocycles. The van der Waals surface area contributed by atoms with E-state index in [1.807, 2.05) is 22.7 Å². The lowest BCUT2D eigenvalue weighted by molar-refractivity contribution is 0.665. The van der Waals surface area contributed by atoms with E-state index in [2.05, 4.69) is 303 Å². The average Bonchev–Trinajstić information content (AvgIpc) is 1.55. The molecule has 2 aliphatic rings. The van der Waals surface area contributed by atoms with Gasteiger partial charge in [0.25, 0.3) is 0 Å². The molecule has 0 spiro atoms. The van der Waals surface area contributed by atoms with Crippen LogP contribution in [-0.4, -0.2) is 0 Å². The van der Waals surface area contributed by atoms with Crippen molar-refractivity contribution in [2.24, 2.45) is 0 Å². The summed E-state index contributed by atoms with van der Waals surface area (Å²) in [4.78, 5) is 0. The Kier molecular flexibility index (Phi) is 10.5. The number of furan rings is 2. The van der Waals surface area contributed by atoms with E-state index in [9.17, 15) is 0 Å². The second-order valence-corrected chi connectivity index (χ2v) is 26.6. The van der Waals surface area contributed by atoms with E-state index in [1.54, 1.807) is 0 Å². The molecular weight excluding hydrogens is 1130 g/mol. The second-order valence-electron chi connectivity index (χ2n) is 24.5. The molecule has 0 saturated carbocycles. The molecule has 18 aromatic rings. The minimum absolute atomic E-state index is 0.539. The van der Waals surface area contributed by atoms with Crippen LogP contribution in [0.5, 0.6) is 0 Å². The van der Waals surface area contributed by atoms with Crippen molar-refractivity contribution in [3.05, 3.63) is 348 Å². The van der Waals surface area contributed by atoms with Crippen LogP contribution in [0.4, 0.5) is 0 Å². The molecule has 14 aromatic carbocycles. The van der Waals surface area contributed by atoms with Gasteiger partial charge >= 0.3 is 0 Å². The molecule has 0 amide bonds. The Labute approximate surface area is 526 Å². The lowest BCUT2D eigenvalue weighted by Gasteiger charge is -2.34. The summed E-state index contributed by atoms with van der Waals surface area (Å²) in [6.07, 6.45) is 0. The second kappa shape index (κ2) is 18.8. The quantitative estimate of drug-likeness (QED) is 0.159. The van der Waals surface area contributed by atoms with Gasteiger partial charge in [-0.15, -0.1) is 22.7 Å². The van der Waals surface area contributed by atoms with Crippen molar-refractivity contribution in [3.8, 4) is 55.6 Å². The van der Waals surface area contributed by atoms with Crippen molar-refractivity contribution in [2.45, 2.75) is 10.8 Å². The third-order valence-corrected chi connectivity index (χ3v) is 22.4. The third-order valence-electron chi connectivity index (χ3n) is 20.0.